The highest BCUT2D eigenvalue weighted by molar-refractivity contribution is 5.56. The fraction of sp³-hybridized carbons (Fsp3) is 0.455. The van der Waals surface area contributed by atoms with E-state index in [2.05, 4.69) is 41.8 Å². The summed E-state index contributed by atoms with van der Waals surface area (Å²) in [7, 11) is 3.23. The second-order valence-corrected chi connectivity index (χ2v) is 7.14. The van der Waals surface area contributed by atoms with Crippen LogP contribution in [0.15, 0.2) is 36.4 Å². The highest BCUT2D eigenvalue weighted by atomic mass is 16.5. The zero-order chi connectivity index (χ0) is 19.4. The zero-order valence-corrected chi connectivity index (χ0v) is 16.7. The minimum Gasteiger partial charge on any atom is -0.493 e. The maximum atomic E-state index is 10.7. The molecular weight excluding hydrogens is 340 g/mol. The summed E-state index contributed by atoms with van der Waals surface area (Å²) in [6.45, 7) is 8.81. The van der Waals surface area contributed by atoms with Crippen LogP contribution < -0.4 is 14.4 Å². The number of piperazine rings is 1. The number of aliphatic hydroxyl groups excluding tert-OH is 1. The van der Waals surface area contributed by atoms with E-state index in [4.69, 9.17) is 9.47 Å². The monoisotopic (exact) mass is 370 g/mol. The van der Waals surface area contributed by atoms with Gasteiger partial charge in [-0.3, -0.25) is 4.90 Å². The highest BCUT2D eigenvalue weighted by Crippen LogP contribution is 2.30. The van der Waals surface area contributed by atoms with Crippen LogP contribution in [0.2, 0.25) is 0 Å². The van der Waals surface area contributed by atoms with Crippen molar-refractivity contribution >= 4 is 5.69 Å². The molecule has 1 saturated heterocycles. The summed E-state index contributed by atoms with van der Waals surface area (Å²) in [6, 6.07) is 12.1. The molecule has 2 aromatic rings. The Morgan fingerprint density at radius 2 is 1.67 bits per heavy atom. The number of anilines is 1. The molecule has 0 radical (unpaired) electrons. The summed E-state index contributed by atoms with van der Waals surface area (Å²) in [5.74, 6) is 1.32. The van der Waals surface area contributed by atoms with Crippen molar-refractivity contribution in [2.45, 2.75) is 20.0 Å². The van der Waals surface area contributed by atoms with Crippen molar-refractivity contribution in [2.24, 2.45) is 0 Å². The Labute approximate surface area is 162 Å². The topological polar surface area (TPSA) is 45.2 Å². The minimum atomic E-state index is -0.544. The molecule has 0 amide bonds. The van der Waals surface area contributed by atoms with E-state index >= 15 is 0 Å². The number of rotatable bonds is 6. The Morgan fingerprint density at radius 3 is 2.33 bits per heavy atom. The molecule has 1 aliphatic heterocycles. The lowest BCUT2D eigenvalue weighted by atomic mass is 10.1. The van der Waals surface area contributed by atoms with Crippen LogP contribution in [-0.2, 0) is 0 Å². The van der Waals surface area contributed by atoms with Crippen LogP contribution in [0, 0.1) is 13.8 Å². The van der Waals surface area contributed by atoms with Gasteiger partial charge in [-0.2, -0.15) is 0 Å². The number of hydrogen-bond acceptors (Lipinski definition) is 5. The lowest BCUT2D eigenvalue weighted by molar-refractivity contribution is 0.109. The normalized spacial score (nSPS) is 16.3. The fourth-order valence-electron chi connectivity index (χ4n) is 3.66. The molecule has 0 saturated carbocycles. The second-order valence-electron chi connectivity index (χ2n) is 7.14. The molecule has 27 heavy (non-hydrogen) atoms. The van der Waals surface area contributed by atoms with Crippen molar-refractivity contribution in [2.75, 3.05) is 51.8 Å². The average molecular weight is 370 g/mol. The third kappa shape index (κ3) is 4.37. The Kier molecular flexibility index (Phi) is 6.24. The molecule has 0 spiro atoms. The molecule has 5 nitrogen and oxygen atoms in total. The summed E-state index contributed by atoms with van der Waals surface area (Å²) < 4.78 is 10.6. The Hall–Kier alpha value is -2.24. The maximum absolute atomic E-state index is 10.7. The number of ether oxygens (including phenoxy) is 2. The zero-order valence-electron chi connectivity index (χ0n) is 16.7. The molecule has 1 unspecified atom stereocenters. The summed E-state index contributed by atoms with van der Waals surface area (Å²) in [6.07, 6.45) is -0.544. The van der Waals surface area contributed by atoms with Crippen LogP contribution in [0.1, 0.15) is 22.8 Å². The third-order valence-electron chi connectivity index (χ3n) is 5.51. The van der Waals surface area contributed by atoms with Crippen LogP contribution in [0.25, 0.3) is 0 Å². The quantitative estimate of drug-likeness (QED) is 0.846. The van der Waals surface area contributed by atoms with Crippen molar-refractivity contribution in [1.82, 2.24) is 4.90 Å². The van der Waals surface area contributed by atoms with E-state index in [0.717, 1.165) is 31.7 Å². The van der Waals surface area contributed by atoms with Gasteiger partial charge in [0.1, 0.15) is 0 Å². The summed E-state index contributed by atoms with van der Waals surface area (Å²) in [5.41, 5.74) is 4.87. The van der Waals surface area contributed by atoms with Gasteiger partial charge >= 0.3 is 0 Å². The first-order valence-corrected chi connectivity index (χ1v) is 9.47. The van der Waals surface area contributed by atoms with Crippen molar-refractivity contribution in [3.63, 3.8) is 0 Å². The molecule has 1 fully saturated rings. The van der Waals surface area contributed by atoms with Gasteiger partial charge in [0.05, 0.1) is 20.3 Å². The van der Waals surface area contributed by atoms with E-state index in [1.54, 1.807) is 14.2 Å². The maximum Gasteiger partial charge on any atom is 0.161 e. The Morgan fingerprint density at radius 1 is 0.963 bits per heavy atom. The van der Waals surface area contributed by atoms with Gasteiger partial charge in [-0.15, -0.1) is 0 Å². The molecule has 146 valence electrons. The van der Waals surface area contributed by atoms with E-state index in [1.807, 2.05) is 18.2 Å². The number of nitrogens with zero attached hydrogens (tertiary/aromatic N) is 2. The van der Waals surface area contributed by atoms with E-state index in [9.17, 15) is 5.11 Å². The molecular formula is C22H30N2O3. The molecule has 0 aliphatic carbocycles. The molecule has 2 aromatic carbocycles. The van der Waals surface area contributed by atoms with Gasteiger partial charge in [-0.25, -0.2) is 0 Å². The number of hydrogen-bond donors (Lipinski definition) is 1. The van der Waals surface area contributed by atoms with Crippen molar-refractivity contribution in [1.29, 1.82) is 0 Å². The number of aryl methyl sites for hydroxylation is 1. The van der Waals surface area contributed by atoms with Crippen LogP contribution >= 0.6 is 0 Å². The molecule has 1 N–H and O–H groups in total. The van der Waals surface area contributed by atoms with Crippen LogP contribution in [0.3, 0.4) is 0 Å². The predicted octanol–water partition coefficient (Wildman–Crippen LogP) is 3.18. The molecule has 3 rings (SSSR count). The van der Waals surface area contributed by atoms with Crippen LogP contribution in [0.4, 0.5) is 5.69 Å². The lowest BCUT2D eigenvalue weighted by Gasteiger charge is -2.37. The van der Waals surface area contributed by atoms with E-state index in [0.29, 0.717) is 18.0 Å². The van der Waals surface area contributed by atoms with Crippen LogP contribution in [0.5, 0.6) is 11.5 Å². The standard InChI is InChI=1S/C22H30N2O3/c1-16-6-5-7-19(17(16)2)24-12-10-23(11-13-24)15-20(25)18-8-9-21(26-3)22(14-18)27-4/h5-9,14,20,25H,10-13,15H2,1-4H3. The second kappa shape index (κ2) is 8.63. The molecule has 0 aromatic heterocycles. The van der Waals surface area contributed by atoms with Gasteiger partial charge in [-0.1, -0.05) is 18.2 Å². The fourth-order valence-corrected chi connectivity index (χ4v) is 3.66. The van der Waals surface area contributed by atoms with E-state index < -0.39 is 6.10 Å². The molecule has 5 heteroatoms. The smallest absolute Gasteiger partial charge is 0.161 e. The van der Waals surface area contributed by atoms with Gasteiger partial charge in [0.25, 0.3) is 0 Å². The average Bonchev–Trinajstić information content (AvgIpc) is 2.70. The number of aliphatic hydroxyl groups is 1. The van der Waals surface area contributed by atoms with E-state index in [1.165, 1.54) is 16.8 Å². The molecule has 1 heterocycles. The summed E-state index contributed by atoms with van der Waals surface area (Å²) >= 11 is 0. The largest absolute Gasteiger partial charge is 0.493 e. The van der Waals surface area contributed by atoms with Gasteiger partial charge < -0.3 is 19.5 Å². The highest BCUT2D eigenvalue weighted by Gasteiger charge is 2.22. The number of benzene rings is 2. The van der Waals surface area contributed by atoms with Crippen molar-refractivity contribution < 1.29 is 14.6 Å². The Balaban J connectivity index is 1.59. The van der Waals surface area contributed by atoms with Crippen LogP contribution in [-0.4, -0.2) is 56.9 Å². The molecule has 0 bridgehead atoms. The summed E-state index contributed by atoms with van der Waals surface area (Å²) in [5, 5.41) is 10.7. The van der Waals surface area contributed by atoms with Gasteiger partial charge in [0.2, 0.25) is 0 Å². The first-order chi connectivity index (χ1) is 13.0. The SMILES string of the molecule is COc1ccc(C(O)CN2CCN(c3cccc(C)c3C)CC2)cc1OC. The third-order valence-corrected chi connectivity index (χ3v) is 5.51. The first-order valence-electron chi connectivity index (χ1n) is 9.47. The van der Waals surface area contributed by atoms with Gasteiger partial charge in [0.15, 0.2) is 11.5 Å². The molecule has 1 atom stereocenters. The Bertz CT molecular complexity index is 770. The van der Waals surface area contributed by atoms with Crippen molar-refractivity contribution in [3.05, 3.63) is 53.1 Å². The lowest BCUT2D eigenvalue weighted by Crippen LogP contribution is -2.47. The van der Waals surface area contributed by atoms with E-state index in [-0.39, 0.29) is 0 Å². The summed E-state index contributed by atoms with van der Waals surface area (Å²) in [4.78, 5) is 4.77. The number of β-amino-alcohol motifs (C(OH)–C–C–N with tert-alkyl or cyclic N) is 1. The van der Waals surface area contributed by atoms with Crippen molar-refractivity contribution in [3.8, 4) is 11.5 Å². The van der Waals surface area contributed by atoms with Gasteiger partial charge in [0, 0.05) is 38.4 Å². The minimum absolute atomic E-state index is 0.544. The first kappa shape index (κ1) is 19.5. The predicted molar refractivity (Wildman–Crippen MR) is 109 cm³/mol. The number of methoxy groups -OCH3 is 2. The van der Waals surface area contributed by atoms with Gasteiger partial charge in [-0.05, 0) is 48.7 Å². The molecule has 1 aliphatic rings.